The summed E-state index contributed by atoms with van der Waals surface area (Å²) in [5.41, 5.74) is 14.2. The second-order valence-corrected chi connectivity index (χ2v) is 19.1. The van der Waals surface area contributed by atoms with Crippen molar-refractivity contribution < 1.29 is 4.42 Å². The van der Waals surface area contributed by atoms with Crippen LogP contribution in [0, 0.1) is 0 Å². The normalized spacial score (nSPS) is 12.0. The minimum absolute atomic E-state index is 0.852. The van der Waals surface area contributed by atoms with Gasteiger partial charge in [0, 0.05) is 78.4 Å². The zero-order chi connectivity index (χ0) is 42.6. The molecular weight excluding hydrogens is 827 g/mol. The third-order valence-electron chi connectivity index (χ3n) is 13.2. The number of hydrogen-bond donors (Lipinski definition) is 0. The Balaban J connectivity index is 1.07. The van der Waals surface area contributed by atoms with E-state index in [0.29, 0.717) is 0 Å². The first-order chi connectivity index (χ1) is 32.2. The van der Waals surface area contributed by atoms with E-state index < -0.39 is 0 Å². The molecule has 0 aliphatic heterocycles. The highest BCUT2D eigenvalue weighted by atomic mass is 32.1. The van der Waals surface area contributed by atoms with Gasteiger partial charge in [-0.25, -0.2) is 4.98 Å². The fourth-order valence-electron chi connectivity index (χ4n) is 10.4. The molecule has 2 nitrogen and oxygen atoms in total. The molecule has 14 aromatic rings. The molecule has 10 aromatic carbocycles. The molecule has 0 radical (unpaired) electrons. The van der Waals surface area contributed by atoms with Crippen LogP contribution >= 0.6 is 22.7 Å². The summed E-state index contributed by atoms with van der Waals surface area (Å²) in [7, 11) is 0. The van der Waals surface area contributed by atoms with E-state index >= 15 is 0 Å². The van der Waals surface area contributed by atoms with Gasteiger partial charge in [-0.15, -0.1) is 22.7 Å². The number of para-hydroxylation sites is 2. The van der Waals surface area contributed by atoms with Gasteiger partial charge in [-0.05, 0) is 106 Å². The van der Waals surface area contributed by atoms with Crippen LogP contribution in [0.1, 0.15) is 0 Å². The van der Waals surface area contributed by atoms with Crippen molar-refractivity contribution in [1.29, 1.82) is 0 Å². The van der Waals surface area contributed by atoms with Crippen LogP contribution in [0.15, 0.2) is 217 Å². The predicted octanol–water partition coefficient (Wildman–Crippen LogP) is 18.4. The predicted molar refractivity (Wildman–Crippen MR) is 279 cm³/mol. The molecule has 4 heterocycles. The molecule has 0 aliphatic carbocycles. The third kappa shape index (κ3) is 5.68. The second kappa shape index (κ2) is 14.3. The molecule has 4 aromatic heterocycles. The maximum absolute atomic E-state index is 6.76. The molecule has 0 fully saturated rings. The quantitative estimate of drug-likeness (QED) is 0.161. The maximum atomic E-state index is 6.76. The summed E-state index contributed by atoms with van der Waals surface area (Å²) < 4.78 is 12.0. The molecule has 0 saturated heterocycles. The first-order valence-electron chi connectivity index (χ1n) is 22.0. The molecule has 0 amide bonds. The molecule has 65 heavy (non-hydrogen) atoms. The van der Waals surface area contributed by atoms with Gasteiger partial charge in [0.1, 0.15) is 11.2 Å². The molecule has 0 aliphatic rings. The molecule has 0 bridgehead atoms. The molecule has 0 saturated carbocycles. The number of nitrogens with zero attached hydrogens (tertiary/aromatic N) is 1. The van der Waals surface area contributed by atoms with Gasteiger partial charge in [0.2, 0.25) is 0 Å². The van der Waals surface area contributed by atoms with E-state index in [1.165, 1.54) is 68.0 Å². The van der Waals surface area contributed by atoms with Crippen molar-refractivity contribution >= 4 is 107 Å². The summed E-state index contributed by atoms with van der Waals surface area (Å²) in [5.74, 6) is 0. The lowest BCUT2D eigenvalue weighted by molar-refractivity contribution is 0.669. The minimum atomic E-state index is 0.852. The molecule has 0 unspecified atom stereocenters. The largest absolute Gasteiger partial charge is 0.456 e. The van der Waals surface area contributed by atoms with Crippen LogP contribution in [-0.2, 0) is 0 Å². The van der Waals surface area contributed by atoms with Crippen molar-refractivity contribution in [3.63, 3.8) is 0 Å². The number of thiophene rings is 2. The molecule has 302 valence electrons. The summed E-state index contributed by atoms with van der Waals surface area (Å²) in [6, 6.07) is 77.5. The van der Waals surface area contributed by atoms with Gasteiger partial charge in [-0.3, -0.25) is 0 Å². The number of benzene rings is 10. The maximum Gasteiger partial charge on any atom is 0.136 e. The van der Waals surface area contributed by atoms with Crippen molar-refractivity contribution in [2.45, 2.75) is 0 Å². The van der Waals surface area contributed by atoms with Gasteiger partial charge in [0.15, 0.2) is 0 Å². The standard InChI is InChI=1S/C61H35NOS2/c1-2-15-36(16-3-1)61-48-35-51-60(45-20-5-9-26-50(45)63-51)56(59(48)44-19-4-8-25-49(44)62-61)38-18-12-17-37(31-38)39-32-40(42-23-13-29-54-57(42)46-21-6-10-27-52(46)64-54)34-41(33-39)43-24-14-30-55-58(43)47-22-7-11-28-53(47)65-55/h1-35H. The molecule has 0 atom stereocenters. The van der Waals surface area contributed by atoms with E-state index in [1.807, 2.05) is 22.7 Å². The van der Waals surface area contributed by atoms with E-state index in [-0.39, 0.29) is 0 Å². The Kier molecular flexibility index (Phi) is 8.06. The zero-order valence-corrected chi connectivity index (χ0v) is 36.5. The molecule has 4 heteroatoms. The summed E-state index contributed by atoms with van der Waals surface area (Å²) >= 11 is 3.74. The number of rotatable bonds is 5. The van der Waals surface area contributed by atoms with Crippen molar-refractivity contribution in [3.05, 3.63) is 212 Å². The first kappa shape index (κ1) is 36.6. The first-order valence-corrected chi connectivity index (χ1v) is 23.6. The van der Waals surface area contributed by atoms with Crippen molar-refractivity contribution in [1.82, 2.24) is 4.98 Å². The Labute approximate surface area is 381 Å². The van der Waals surface area contributed by atoms with E-state index in [9.17, 15) is 0 Å². The lowest BCUT2D eigenvalue weighted by Gasteiger charge is -2.17. The number of furan rings is 1. The third-order valence-corrected chi connectivity index (χ3v) is 15.5. The van der Waals surface area contributed by atoms with Crippen molar-refractivity contribution in [3.8, 4) is 55.8 Å². The van der Waals surface area contributed by atoms with Crippen molar-refractivity contribution in [2.24, 2.45) is 0 Å². The number of fused-ring (bicyclic) bond motifs is 12. The van der Waals surface area contributed by atoms with E-state index in [1.54, 1.807) is 0 Å². The minimum Gasteiger partial charge on any atom is -0.456 e. The van der Waals surface area contributed by atoms with E-state index in [0.717, 1.165) is 71.7 Å². The number of aromatic nitrogens is 1. The summed E-state index contributed by atoms with van der Waals surface area (Å²) in [6.07, 6.45) is 0. The molecule has 0 N–H and O–H groups in total. The molecular formula is C61H35NOS2. The van der Waals surface area contributed by atoms with Crippen LogP contribution in [-0.4, -0.2) is 4.98 Å². The van der Waals surface area contributed by atoms with Gasteiger partial charge in [-0.2, -0.15) is 0 Å². The van der Waals surface area contributed by atoms with Gasteiger partial charge in [0.25, 0.3) is 0 Å². The summed E-state index contributed by atoms with van der Waals surface area (Å²) in [4.78, 5) is 5.34. The summed E-state index contributed by atoms with van der Waals surface area (Å²) in [5, 5.41) is 10.8. The monoisotopic (exact) mass is 861 g/mol. The Morgan fingerprint density at radius 2 is 0.831 bits per heavy atom. The van der Waals surface area contributed by atoms with Crippen LogP contribution in [0.2, 0.25) is 0 Å². The number of pyridine rings is 1. The van der Waals surface area contributed by atoms with E-state index in [2.05, 4.69) is 212 Å². The van der Waals surface area contributed by atoms with E-state index in [4.69, 9.17) is 9.40 Å². The van der Waals surface area contributed by atoms with Crippen molar-refractivity contribution in [2.75, 3.05) is 0 Å². The number of hydrogen-bond acceptors (Lipinski definition) is 4. The SMILES string of the molecule is c1ccc(-c2nc3ccccc3c3c(-c4cccc(-c5cc(-c6cccc7sc8ccccc8c67)cc(-c6cccc7sc8ccccc8c67)c5)c4)c4c(cc23)oc2ccccc24)cc1. The van der Waals surface area contributed by atoms with Crippen LogP contribution in [0.4, 0.5) is 0 Å². The van der Waals surface area contributed by atoms with Gasteiger partial charge >= 0.3 is 0 Å². The highest BCUT2D eigenvalue weighted by Gasteiger charge is 2.23. The smallest absolute Gasteiger partial charge is 0.136 e. The fraction of sp³-hybridized carbons (Fsp3) is 0. The topological polar surface area (TPSA) is 26.0 Å². The van der Waals surface area contributed by atoms with Gasteiger partial charge in [0.05, 0.1) is 11.2 Å². The van der Waals surface area contributed by atoms with Crippen LogP contribution < -0.4 is 0 Å². The average molecular weight is 862 g/mol. The lowest BCUT2D eigenvalue weighted by atomic mass is 9.87. The van der Waals surface area contributed by atoms with Crippen LogP contribution in [0.5, 0.6) is 0 Å². The average Bonchev–Trinajstić information content (AvgIpc) is 4.07. The summed E-state index contributed by atoms with van der Waals surface area (Å²) in [6.45, 7) is 0. The Morgan fingerprint density at radius 3 is 1.54 bits per heavy atom. The highest BCUT2D eigenvalue weighted by Crippen LogP contribution is 2.49. The second-order valence-electron chi connectivity index (χ2n) is 16.9. The Hall–Kier alpha value is -7.89. The van der Waals surface area contributed by atoms with Gasteiger partial charge < -0.3 is 4.42 Å². The molecule has 14 rings (SSSR count). The molecule has 0 spiro atoms. The van der Waals surface area contributed by atoms with Gasteiger partial charge in [-0.1, -0.05) is 146 Å². The lowest BCUT2D eigenvalue weighted by Crippen LogP contribution is -1.93. The van der Waals surface area contributed by atoms with Crippen LogP contribution in [0.3, 0.4) is 0 Å². The fourth-order valence-corrected chi connectivity index (χ4v) is 12.7. The van der Waals surface area contributed by atoms with Crippen LogP contribution in [0.25, 0.3) is 140 Å². The Morgan fingerprint density at radius 1 is 0.308 bits per heavy atom. The highest BCUT2D eigenvalue weighted by molar-refractivity contribution is 7.26. The Bertz CT molecular complexity index is 4120. The zero-order valence-electron chi connectivity index (χ0n) is 34.9.